The third-order valence-electron chi connectivity index (χ3n) is 4.46. The molecule has 0 aliphatic carbocycles. The molecule has 0 spiro atoms. The molecule has 2 aromatic carbocycles. The van der Waals surface area contributed by atoms with Crippen LogP contribution >= 0.6 is 15.9 Å². The lowest BCUT2D eigenvalue weighted by Crippen LogP contribution is -2.18. The molecule has 0 unspecified atom stereocenters. The van der Waals surface area contributed by atoms with Crippen molar-refractivity contribution in [3.63, 3.8) is 0 Å². The first-order chi connectivity index (χ1) is 14.4. The topological polar surface area (TPSA) is 81.1 Å². The van der Waals surface area contributed by atoms with Crippen LogP contribution in [0.2, 0.25) is 0 Å². The lowest BCUT2D eigenvalue weighted by atomic mass is 10.3. The standard InChI is InChI=1S/C21H17BrFN5O2/c1-24-20(29)18-11-14(7-8-25-18)30-13-4-6-19-17(10-13)27-21(28(19)2)26-16-5-3-12(22)9-15(16)23/h3-11H,1-2H3,(H,24,29)(H,26,27). The summed E-state index contributed by atoms with van der Waals surface area (Å²) >= 11 is 3.25. The van der Waals surface area contributed by atoms with Gasteiger partial charge in [0.05, 0.1) is 16.7 Å². The number of hydrogen-bond donors (Lipinski definition) is 2. The second-order valence-electron chi connectivity index (χ2n) is 6.45. The average Bonchev–Trinajstić information content (AvgIpc) is 3.04. The van der Waals surface area contributed by atoms with Gasteiger partial charge in [0.2, 0.25) is 5.95 Å². The van der Waals surface area contributed by atoms with Gasteiger partial charge in [0.25, 0.3) is 5.91 Å². The fourth-order valence-corrected chi connectivity index (χ4v) is 3.26. The number of pyridine rings is 1. The Kier molecular flexibility index (Phi) is 5.37. The molecule has 9 heteroatoms. The number of nitrogens with zero attached hydrogens (tertiary/aromatic N) is 3. The Hall–Kier alpha value is -3.46. The number of halogens is 2. The van der Waals surface area contributed by atoms with Crippen LogP contribution in [0, 0.1) is 5.82 Å². The van der Waals surface area contributed by atoms with Crippen LogP contribution in [0.3, 0.4) is 0 Å². The van der Waals surface area contributed by atoms with Gasteiger partial charge < -0.3 is 19.9 Å². The van der Waals surface area contributed by atoms with Crippen molar-refractivity contribution in [1.82, 2.24) is 19.9 Å². The molecule has 2 aromatic heterocycles. The van der Waals surface area contributed by atoms with E-state index < -0.39 is 0 Å². The minimum Gasteiger partial charge on any atom is -0.457 e. The second-order valence-corrected chi connectivity index (χ2v) is 7.37. The molecule has 0 saturated heterocycles. The van der Waals surface area contributed by atoms with Gasteiger partial charge >= 0.3 is 0 Å². The smallest absolute Gasteiger partial charge is 0.269 e. The predicted molar refractivity (Wildman–Crippen MR) is 116 cm³/mol. The summed E-state index contributed by atoms with van der Waals surface area (Å²) in [5, 5.41) is 5.54. The van der Waals surface area contributed by atoms with Crippen molar-refractivity contribution >= 4 is 44.5 Å². The summed E-state index contributed by atoms with van der Waals surface area (Å²) in [5.74, 6) is 0.848. The molecule has 0 aliphatic heterocycles. The number of carbonyl (C=O) groups is 1. The van der Waals surface area contributed by atoms with Crippen molar-refractivity contribution in [1.29, 1.82) is 0 Å². The molecular formula is C21H17BrFN5O2. The van der Waals surface area contributed by atoms with Crippen LogP contribution in [0.1, 0.15) is 10.5 Å². The highest BCUT2D eigenvalue weighted by Gasteiger charge is 2.12. The monoisotopic (exact) mass is 469 g/mol. The minimum atomic E-state index is -0.384. The van der Waals surface area contributed by atoms with E-state index in [0.29, 0.717) is 33.1 Å². The molecule has 1 amide bonds. The first-order valence-electron chi connectivity index (χ1n) is 8.99. The Morgan fingerprint density at radius 2 is 1.93 bits per heavy atom. The maximum Gasteiger partial charge on any atom is 0.269 e. The summed E-state index contributed by atoms with van der Waals surface area (Å²) in [5.41, 5.74) is 2.11. The van der Waals surface area contributed by atoms with Gasteiger partial charge in [-0.3, -0.25) is 9.78 Å². The van der Waals surface area contributed by atoms with Crippen LogP contribution < -0.4 is 15.4 Å². The highest BCUT2D eigenvalue weighted by atomic mass is 79.9. The summed E-state index contributed by atoms with van der Waals surface area (Å²) in [6.45, 7) is 0. The van der Waals surface area contributed by atoms with E-state index >= 15 is 0 Å². The zero-order chi connectivity index (χ0) is 21.3. The highest BCUT2D eigenvalue weighted by Crippen LogP contribution is 2.29. The van der Waals surface area contributed by atoms with E-state index in [4.69, 9.17) is 4.74 Å². The lowest BCUT2D eigenvalue weighted by molar-refractivity contribution is 0.0958. The molecule has 0 bridgehead atoms. The third-order valence-corrected chi connectivity index (χ3v) is 4.95. The van der Waals surface area contributed by atoms with Gasteiger partial charge in [-0.05, 0) is 36.4 Å². The Bertz CT molecular complexity index is 1260. The molecule has 0 aliphatic rings. The quantitative estimate of drug-likeness (QED) is 0.440. The van der Waals surface area contributed by atoms with Crippen molar-refractivity contribution in [2.45, 2.75) is 0 Å². The van der Waals surface area contributed by atoms with Crippen LogP contribution in [0.5, 0.6) is 11.5 Å². The number of benzene rings is 2. The van der Waals surface area contributed by atoms with Crippen molar-refractivity contribution in [2.75, 3.05) is 12.4 Å². The fourth-order valence-electron chi connectivity index (χ4n) is 2.93. The molecule has 30 heavy (non-hydrogen) atoms. The number of nitrogens with one attached hydrogen (secondary N) is 2. The van der Waals surface area contributed by atoms with E-state index in [1.54, 1.807) is 36.4 Å². The number of anilines is 2. The number of ether oxygens (including phenoxy) is 1. The fraction of sp³-hybridized carbons (Fsp3) is 0.0952. The second kappa shape index (κ2) is 8.11. The lowest BCUT2D eigenvalue weighted by Gasteiger charge is -2.08. The van der Waals surface area contributed by atoms with E-state index in [9.17, 15) is 9.18 Å². The summed E-state index contributed by atoms with van der Waals surface area (Å²) in [6.07, 6.45) is 1.51. The number of rotatable bonds is 5. The zero-order valence-electron chi connectivity index (χ0n) is 16.1. The summed E-state index contributed by atoms with van der Waals surface area (Å²) in [6, 6.07) is 13.4. The van der Waals surface area contributed by atoms with Crippen molar-refractivity contribution in [2.24, 2.45) is 7.05 Å². The van der Waals surface area contributed by atoms with E-state index in [1.807, 2.05) is 17.7 Å². The van der Waals surface area contributed by atoms with Gasteiger partial charge in [-0.1, -0.05) is 15.9 Å². The summed E-state index contributed by atoms with van der Waals surface area (Å²) < 4.78 is 22.5. The van der Waals surface area contributed by atoms with Crippen molar-refractivity contribution in [3.8, 4) is 11.5 Å². The number of fused-ring (bicyclic) bond motifs is 1. The molecule has 2 N–H and O–H groups in total. The van der Waals surface area contributed by atoms with E-state index in [-0.39, 0.29) is 17.4 Å². The Morgan fingerprint density at radius 1 is 1.13 bits per heavy atom. The van der Waals surface area contributed by atoms with Gasteiger partial charge in [0.15, 0.2) is 0 Å². The van der Waals surface area contributed by atoms with E-state index in [0.717, 1.165) is 5.52 Å². The van der Waals surface area contributed by atoms with Gasteiger partial charge in [0, 0.05) is 36.9 Å². The average molecular weight is 470 g/mol. The third kappa shape index (κ3) is 3.97. The maximum atomic E-state index is 14.2. The molecular weight excluding hydrogens is 453 g/mol. The number of hydrogen-bond acceptors (Lipinski definition) is 5. The number of aryl methyl sites for hydroxylation is 1. The van der Waals surface area contributed by atoms with Gasteiger partial charge in [-0.15, -0.1) is 0 Å². The molecule has 0 atom stereocenters. The number of imidazole rings is 1. The van der Waals surface area contributed by atoms with E-state index in [1.165, 1.54) is 19.3 Å². The Morgan fingerprint density at radius 3 is 2.70 bits per heavy atom. The Labute approximate surface area is 180 Å². The molecule has 0 fully saturated rings. The first-order valence-corrected chi connectivity index (χ1v) is 9.78. The normalized spacial score (nSPS) is 10.8. The summed E-state index contributed by atoms with van der Waals surface area (Å²) in [7, 11) is 3.38. The zero-order valence-corrected chi connectivity index (χ0v) is 17.7. The maximum absolute atomic E-state index is 14.2. The van der Waals surface area contributed by atoms with Gasteiger partial charge in [-0.2, -0.15) is 0 Å². The number of carbonyl (C=O) groups excluding carboxylic acids is 1. The van der Waals surface area contributed by atoms with E-state index in [2.05, 4.69) is 36.5 Å². The molecule has 152 valence electrons. The van der Waals surface area contributed by atoms with Crippen LogP contribution in [-0.2, 0) is 7.05 Å². The van der Waals surface area contributed by atoms with Crippen LogP contribution in [0.25, 0.3) is 11.0 Å². The highest BCUT2D eigenvalue weighted by molar-refractivity contribution is 9.10. The molecule has 7 nitrogen and oxygen atoms in total. The minimum absolute atomic E-state index is 0.261. The van der Waals surface area contributed by atoms with Crippen LogP contribution in [0.15, 0.2) is 59.2 Å². The molecule has 4 rings (SSSR count). The predicted octanol–water partition coefficient (Wildman–Crippen LogP) is 4.77. The largest absolute Gasteiger partial charge is 0.457 e. The van der Waals surface area contributed by atoms with Gasteiger partial charge in [-0.25, -0.2) is 9.37 Å². The summed E-state index contributed by atoms with van der Waals surface area (Å²) in [4.78, 5) is 20.3. The SMILES string of the molecule is CNC(=O)c1cc(Oc2ccc3c(c2)nc(Nc2ccc(Br)cc2F)n3C)ccn1. The molecule has 0 radical (unpaired) electrons. The van der Waals surface area contributed by atoms with Gasteiger partial charge in [0.1, 0.15) is 23.0 Å². The molecule has 4 aromatic rings. The molecule has 0 saturated carbocycles. The first kappa shape index (κ1) is 19.8. The van der Waals surface area contributed by atoms with Crippen LogP contribution in [-0.4, -0.2) is 27.5 Å². The van der Waals surface area contributed by atoms with Crippen LogP contribution in [0.4, 0.5) is 16.0 Å². The molecule has 2 heterocycles. The number of amides is 1. The van der Waals surface area contributed by atoms with Crippen molar-refractivity contribution in [3.05, 3.63) is 70.7 Å². The van der Waals surface area contributed by atoms with Crippen molar-refractivity contribution < 1.29 is 13.9 Å². The number of aromatic nitrogens is 3. The Balaban J connectivity index is 1.61.